The molecule has 1 unspecified atom stereocenters. The monoisotopic (exact) mass is 303 g/mol. The molecule has 8 heteroatoms. The van der Waals surface area contributed by atoms with Crippen LogP contribution in [0.4, 0.5) is 11.5 Å². The van der Waals surface area contributed by atoms with Gasteiger partial charge in [-0.2, -0.15) is 10.2 Å². The molecule has 0 fully saturated rings. The lowest BCUT2D eigenvalue weighted by Crippen LogP contribution is -2.10. The smallest absolute Gasteiger partial charge is 0.329 e. The fourth-order valence-corrected chi connectivity index (χ4v) is 1.86. The Morgan fingerprint density at radius 2 is 2.10 bits per heavy atom. The molecule has 0 bridgehead atoms. The van der Waals surface area contributed by atoms with Gasteiger partial charge in [-0.3, -0.25) is 10.1 Å². The van der Waals surface area contributed by atoms with Gasteiger partial charge in [-0.05, 0) is 36.2 Å². The van der Waals surface area contributed by atoms with Crippen LogP contribution in [0, 0.1) is 21.4 Å². The maximum Gasteiger partial charge on any atom is 0.329 e. The van der Waals surface area contributed by atoms with Gasteiger partial charge in [0.15, 0.2) is 0 Å². The summed E-state index contributed by atoms with van der Waals surface area (Å²) in [5.41, 5.74) is 1.15. The molecule has 0 radical (unpaired) electrons. The number of nitrogens with zero attached hydrogens (tertiary/aromatic N) is 4. The summed E-state index contributed by atoms with van der Waals surface area (Å²) < 4.78 is 0. The molecule has 0 spiro atoms. The lowest BCUT2D eigenvalue weighted by molar-refractivity contribution is -0.384. The number of hydrogen-bond acceptors (Lipinski definition) is 6. The highest BCUT2D eigenvalue weighted by Gasteiger charge is 2.19. The standard InChI is InChI=1S/C13H10ClN5O2/c1-8(10-4-2-9(6-15)3-5-10)17-12-11(19(20)21)7-16-13(14)18-12/h2-5,7-8H,1H3,(H,16,17,18). The highest BCUT2D eigenvalue weighted by Crippen LogP contribution is 2.26. The van der Waals surface area contributed by atoms with Crippen LogP contribution < -0.4 is 5.32 Å². The molecule has 0 aliphatic rings. The molecule has 1 atom stereocenters. The van der Waals surface area contributed by atoms with Crippen molar-refractivity contribution in [2.24, 2.45) is 0 Å². The largest absolute Gasteiger partial charge is 0.358 e. The maximum atomic E-state index is 10.9. The molecule has 21 heavy (non-hydrogen) atoms. The van der Waals surface area contributed by atoms with Crippen molar-refractivity contribution in [1.29, 1.82) is 5.26 Å². The highest BCUT2D eigenvalue weighted by molar-refractivity contribution is 6.28. The first-order valence-corrected chi connectivity index (χ1v) is 6.32. The summed E-state index contributed by atoms with van der Waals surface area (Å²) in [5.74, 6) is 0.0526. The lowest BCUT2D eigenvalue weighted by Gasteiger charge is -2.14. The first kappa shape index (κ1) is 14.7. The third kappa shape index (κ3) is 3.43. The second kappa shape index (κ2) is 6.15. The quantitative estimate of drug-likeness (QED) is 0.528. The van der Waals surface area contributed by atoms with Crippen LogP contribution in [0.15, 0.2) is 30.5 Å². The van der Waals surface area contributed by atoms with Crippen molar-refractivity contribution in [3.63, 3.8) is 0 Å². The van der Waals surface area contributed by atoms with Gasteiger partial charge in [0.05, 0.1) is 22.6 Å². The fourth-order valence-electron chi connectivity index (χ4n) is 1.73. The highest BCUT2D eigenvalue weighted by atomic mass is 35.5. The van der Waals surface area contributed by atoms with Crippen LogP contribution in [0.1, 0.15) is 24.1 Å². The zero-order chi connectivity index (χ0) is 15.4. The van der Waals surface area contributed by atoms with Gasteiger partial charge < -0.3 is 5.32 Å². The first-order chi connectivity index (χ1) is 10.0. The van der Waals surface area contributed by atoms with Crippen molar-refractivity contribution >= 4 is 23.1 Å². The SMILES string of the molecule is CC(Nc1nc(Cl)ncc1[N+](=O)[O-])c1ccc(C#N)cc1. The van der Waals surface area contributed by atoms with E-state index in [1.54, 1.807) is 24.3 Å². The second-order valence-corrected chi connectivity index (χ2v) is 4.57. The zero-order valence-corrected chi connectivity index (χ0v) is 11.7. The molecule has 1 heterocycles. The summed E-state index contributed by atoms with van der Waals surface area (Å²) in [6, 6.07) is 8.67. The predicted molar refractivity (Wildman–Crippen MR) is 76.9 cm³/mol. The van der Waals surface area contributed by atoms with Crippen molar-refractivity contribution in [1.82, 2.24) is 9.97 Å². The summed E-state index contributed by atoms with van der Waals surface area (Å²) in [6.45, 7) is 1.82. The molecule has 0 amide bonds. The average Bonchev–Trinajstić information content (AvgIpc) is 2.47. The van der Waals surface area contributed by atoms with Gasteiger partial charge in [0.1, 0.15) is 6.20 Å². The third-order valence-corrected chi connectivity index (χ3v) is 3.01. The van der Waals surface area contributed by atoms with E-state index in [1.807, 2.05) is 13.0 Å². The molecule has 106 valence electrons. The van der Waals surface area contributed by atoms with Gasteiger partial charge in [-0.15, -0.1) is 0 Å². The summed E-state index contributed by atoms with van der Waals surface area (Å²) in [5, 5.41) is 22.6. The van der Waals surface area contributed by atoms with Crippen LogP contribution in [0.5, 0.6) is 0 Å². The molecule has 2 aromatic rings. The van der Waals surface area contributed by atoms with Gasteiger partial charge >= 0.3 is 5.69 Å². The number of anilines is 1. The number of halogens is 1. The van der Waals surface area contributed by atoms with Crippen molar-refractivity contribution in [3.05, 3.63) is 57.0 Å². The Labute approximate surface area is 125 Å². The maximum absolute atomic E-state index is 10.9. The first-order valence-electron chi connectivity index (χ1n) is 5.95. The molecule has 1 aromatic carbocycles. The minimum absolute atomic E-state index is 0.0526. The summed E-state index contributed by atoms with van der Waals surface area (Å²) in [6.07, 6.45) is 1.06. The van der Waals surface area contributed by atoms with Crippen LogP contribution >= 0.6 is 11.6 Å². The van der Waals surface area contributed by atoms with Crippen LogP contribution in [0.2, 0.25) is 5.28 Å². The Kier molecular flexibility index (Phi) is 4.30. The molecule has 0 saturated carbocycles. The Balaban J connectivity index is 2.26. The third-order valence-electron chi connectivity index (χ3n) is 2.83. The number of hydrogen-bond donors (Lipinski definition) is 1. The van der Waals surface area contributed by atoms with E-state index in [4.69, 9.17) is 16.9 Å². The summed E-state index contributed by atoms with van der Waals surface area (Å²) in [4.78, 5) is 17.8. The molecule has 0 saturated heterocycles. The van der Waals surface area contributed by atoms with E-state index in [0.717, 1.165) is 11.8 Å². The van der Waals surface area contributed by atoms with Gasteiger partial charge in [0, 0.05) is 0 Å². The van der Waals surface area contributed by atoms with Crippen LogP contribution in [-0.4, -0.2) is 14.9 Å². The molecule has 7 nitrogen and oxygen atoms in total. The van der Waals surface area contributed by atoms with E-state index in [1.165, 1.54) is 0 Å². The van der Waals surface area contributed by atoms with Crippen LogP contribution in [0.25, 0.3) is 0 Å². The number of benzene rings is 1. The fraction of sp³-hybridized carbons (Fsp3) is 0.154. The molecule has 2 rings (SSSR count). The van der Waals surface area contributed by atoms with E-state index < -0.39 is 4.92 Å². The van der Waals surface area contributed by atoms with Crippen molar-refractivity contribution in [2.45, 2.75) is 13.0 Å². The second-order valence-electron chi connectivity index (χ2n) is 4.23. The molecular weight excluding hydrogens is 294 g/mol. The number of rotatable bonds is 4. The number of nitrogens with one attached hydrogen (secondary N) is 1. The Morgan fingerprint density at radius 1 is 1.43 bits per heavy atom. The van der Waals surface area contributed by atoms with Gasteiger partial charge in [-0.1, -0.05) is 12.1 Å². The van der Waals surface area contributed by atoms with Gasteiger partial charge in [0.25, 0.3) is 0 Å². The molecule has 1 aromatic heterocycles. The molecule has 0 aliphatic carbocycles. The molecular formula is C13H10ClN5O2. The Hall–Kier alpha value is -2.72. The topological polar surface area (TPSA) is 105 Å². The normalized spacial score (nSPS) is 11.5. The van der Waals surface area contributed by atoms with Crippen molar-refractivity contribution in [3.8, 4) is 6.07 Å². The molecule has 0 aliphatic heterocycles. The van der Waals surface area contributed by atoms with Crippen molar-refractivity contribution in [2.75, 3.05) is 5.32 Å². The summed E-state index contributed by atoms with van der Waals surface area (Å²) in [7, 11) is 0. The van der Waals surface area contributed by atoms with Crippen molar-refractivity contribution < 1.29 is 4.92 Å². The van der Waals surface area contributed by atoms with E-state index in [-0.39, 0.29) is 22.8 Å². The van der Waals surface area contributed by atoms with E-state index >= 15 is 0 Å². The van der Waals surface area contributed by atoms with E-state index in [9.17, 15) is 10.1 Å². The van der Waals surface area contributed by atoms with Crippen LogP contribution in [0.3, 0.4) is 0 Å². The van der Waals surface area contributed by atoms with Gasteiger partial charge in [0.2, 0.25) is 11.1 Å². The number of aromatic nitrogens is 2. The van der Waals surface area contributed by atoms with Gasteiger partial charge in [-0.25, -0.2) is 4.98 Å². The summed E-state index contributed by atoms with van der Waals surface area (Å²) >= 11 is 5.67. The average molecular weight is 304 g/mol. The minimum Gasteiger partial charge on any atom is -0.358 e. The predicted octanol–water partition coefficient (Wildman–Crippen LogP) is 3.08. The zero-order valence-electron chi connectivity index (χ0n) is 10.9. The lowest BCUT2D eigenvalue weighted by atomic mass is 10.1. The minimum atomic E-state index is -0.579. The Morgan fingerprint density at radius 3 is 2.67 bits per heavy atom. The number of nitro groups is 1. The number of nitriles is 1. The molecule has 1 N–H and O–H groups in total. The Bertz CT molecular complexity index is 711. The van der Waals surface area contributed by atoms with E-state index in [0.29, 0.717) is 5.56 Å². The van der Waals surface area contributed by atoms with Crippen LogP contribution in [-0.2, 0) is 0 Å². The van der Waals surface area contributed by atoms with E-state index in [2.05, 4.69) is 15.3 Å².